The number of nitrogens with one attached hydrogen (secondary N) is 1. The highest BCUT2D eigenvalue weighted by molar-refractivity contribution is 7.09. The lowest BCUT2D eigenvalue weighted by molar-refractivity contribution is -0.143. The van der Waals surface area contributed by atoms with Crippen LogP contribution in [0.1, 0.15) is 44.3 Å². The Hall–Kier alpha value is -1.63. The van der Waals surface area contributed by atoms with Crippen molar-refractivity contribution in [1.29, 1.82) is 0 Å². The number of likely N-dealkylation sites (tertiary alicyclic amines) is 1. The van der Waals surface area contributed by atoms with Gasteiger partial charge in [-0.05, 0) is 12.8 Å². The number of aliphatic carboxylic acids is 1. The van der Waals surface area contributed by atoms with Gasteiger partial charge in [-0.2, -0.15) is 0 Å². The topological polar surface area (TPSA) is 82.5 Å². The van der Waals surface area contributed by atoms with Crippen LogP contribution < -0.4 is 5.32 Å². The van der Waals surface area contributed by atoms with Gasteiger partial charge < -0.3 is 15.3 Å². The van der Waals surface area contributed by atoms with Gasteiger partial charge in [0.05, 0.1) is 18.2 Å². The first-order chi connectivity index (χ1) is 10.3. The van der Waals surface area contributed by atoms with E-state index in [1.807, 2.05) is 5.38 Å². The molecular formula is C15H23N3O3S. The molecule has 2 heterocycles. The molecule has 6 nitrogen and oxygen atoms in total. The minimum absolute atomic E-state index is 0.000335. The van der Waals surface area contributed by atoms with Gasteiger partial charge in [-0.3, -0.25) is 4.79 Å². The summed E-state index contributed by atoms with van der Waals surface area (Å²) in [5, 5.41) is 14.8. The molecule has 1 aromatic heterocycles. The molecule has 1 aliphatic heterocycles. The Balaban J connectivity index is 1.87. The molecule has 22 heavy (non-hydrogen) atoms. The van der Waals surface area contributed by atoms with Crippen LogP contribution in [0.5, 0.6) is 0 Å². The van der Waals surface area contributed by atoms with Gasteiger partial charge in [-0.25, -0.2) is 9.78 Å². The lowest BCUT2D eigenvalue weighted by Gasteiger charge is -2.30. The normalized spacial score (nSPS) is 19.0. The maximum atomic E-state index is 12.1. The molecule has 0 bridgehead atoms. The zero-order valence-corrected chi connectivity index (χ0v) is 14.1. The van der Waals surface area contributed by atoms with E-state index in [1.54, 1.807) is 4.90 Å². The number of carboxylic acid groups (broad SMARTS) is 1. The molecule has 0 aromatic carbocycles. The number of aromatic nitrogens is 1. The number of carbonyl (C=O) groups is 2. The Bertz CT molecular complexity index is 550. The van der Waals surface area contributed by atoms with Crippen molar-refractivity contribution in [2.45, 2.75) is 45.6 Å². The molecule has 1 atom stereocenters. The van der Waals surface area contributed by atoms with Crippen LogP contribution in [0.25, 0.3) is 0 Å². The first-order valence-corrected chi connectivity index (χ1v) is 8.36. The summed E-state index contributed by atoms with van der Waals surface area (Å²) in [6.07, 6.45) is 1.37. The van der Waals surface area contributed by atoms with Gasteiger partial charge in [-0.15, -0.1) is 11.3 Å². The maximum Gasteiger partial charge on any atom is 0.317 e. The molecule has 2 amide bonds. The molecule has 1 saturated heterocycles. The molecule has 7 heteroatoms. The van der Waals surface area contributed by atoms with Gasteiger partial charge in [-0.1, -0.05) is 20.8 Å². The standard InChI is InChI=1S/C15H23N3O3S/c1-15(2,3)11-9-22-12(17-11)7-16-14(21)18-6-4-5-10(8-18)13(19)20/h9-10H,4-8H2,1-3H3,(H,16,21)(H,19,20). The van der Waals surface area contributed by atoms with Crippen LogP contribution >= 0.6 is 11.3 Å². The third-order valence-corrected chi connectivity index (χ3v) is 4.62. The highest BCUT2D eigenvalue weighted by Gasteiger charge is 2.28. The van der Waals surface area contributed by atoms with Crippen molar-refractivity contribution in [2.24, 2.45) is 5.92 Å². The third kappa shape index (κ3) is 4.19. The van der Waals surface area contributed by atoms with Crippen molar-refractivity contribution in [2.75, 3.05) is 13.1 Å². The number of hydrogen-bond acceptors (Lipinski definition) is 4. The largest absolute Gasteiger partial charge is 0.481 e. The molecule has 0 saturated carbocycles. The number of nitrogens with zero attached hydrogens (tertiary/aromatic N) is 2. The molecular weight excluding hydrogens is 302 g/mol. The number of piperidine rings is 1. The van der Waals surface area contributed by atoms with Crippen molar-refractivity contribution in [1.82, 2.24) is 15.2 Å². The predicted octanol–water partition coefficient (Wildman–Crippen LogP) is 2.45. The van der Waals surface area contributed by atoms with E-state index < -0.39 is 11.9 Å². The second-order valence-electron chi connectivity index (χ2n) is 6.66. The summed E-state index contributed by atoms with van der Waals surface area (Å²) in [6, 6.07) is -0.210. The first kappa shape index (κ1) is 16.7. The summed E-state index contributed by atoms with van der Waals surface area (Å²) >= 11 is 1.53. The molecule has 0 aliphatic carbocycles. The van der Waals surface area contributed by atoms with Crippen molar-refractivity contribution in [3.63, 3.8) is 0 Å². The smallest absolute Gasteiger partial charge is 0.317 e. The Morgan fingerprint density at radius 2 is 2.23 bits per heavy atom. The fraction of sp³-hybridized carbons (Fsp3) is 0.667. The molecule has 1 fully saturated rings. The van der Waals surface area contributed by atoms with Gasteiger partial charge in [0, 0.05) is 23.9 Å². The van der Waals surface area contributed by atoms with Crippen molar-refractivity contribution in [3.8, 4) is 0 Å². The highest BCUT2D eigenvalue weighted by atomic mass is 32.1. The second-order valence-corrected chi connectivity index (χ2v) is 7.60. The number of urea groups is 1. The van der Waals surface area contributed by atoms with Crippen LogP contribution in [0.15, 0.2) is 5.38 Å². The van der Waals surface area contributed by atoms with E-state index in [-0.39, 0.29) is 18.0 Å². The Morgan fingerprint density at radius 1 is 1.50 bits per heavy atom. The van der Waals surface area contributed by atoms with Crippen LogP contribution in [0.3, 0.4) is 0 Å². The van der Waals surface area contributed by atoms with Gasteiger partial charge in [0.25, 0.3) is 0 Å². The molecule has 1 aromatic rings. The summed E-state index contributed by atoms with van der Waals surface area (Å²) in [5.41, 5.74) is 1.02. The third-order valence-electron chi connectivity index (χ3n) is 3.77. The Kier molecular flexibility index (Phi) is 5.05. The molecule has 1 aliphatic rings. The van der Waals surface area contributed by atoms with Gasteiger partial charge in [0.15, 0.2) is 0 Å². The fourth-order valence-corrected chi connectivity index (χ4v) is 3.32. The van der Waals surface area contributed by atoms with Crippen molar-refractivity contribution >= 4 is 23.3 Å². The number of rotatable bonds is 3. The minimum atomic E-state index is -0.827. The SMILES string of the molecule is CC(C)(C)c1csc(CNC(=O)N2CCCC(C(=O)O)C2)n1. The quantitative estimate of drug-likeness (QED) is 0.894. The summed E-state index contributed by atoms with van der Waals surface area (Å²) in [5.74, 6) is -1.28. The molecule has 1 unspecified atom stereocenters. The fourth-order valence-electron chi connectivity index (χ4n) is 2.36. The van der Waals surface area contributed by atoms with Gasteiger partial charge >= 0.3 is 12.0 Å². The van der Waals surface area contributed by atoms with Crippen LogP contribution in [-0.4, -0.2) is 40.1 Å². The number of amides is 2. The van der Waals surface area contributed by atoms with Crippen LogP contribution in [0.4, 0.5) is 4.79 Å². The molecule has 0 spiro atoms. The van der Waals surface area contributed by atoms with Crippen molar-refractivity contribution in [3.05, 3.63) is 16.1 Å². The lowest BCUT2D eigenvalue weighted by atomic mass is 9.93. The van der Waals surface area contributed by atoms with E-state index in [2.05, 4.69) is 31.1 Å². The first-order valence-electron chi connectivity index (χ1n) is 7.48. The molecule has 2 N–H and O–H groups in total. The lowest BCUT2D eigenvalue weighted by Crippen LogP contribution is -2.46. The minimum Gasteiger partial charge on any atom is -0.481 e. The zero-order chi connectivity index (χ0) is 16.3. The van der Waals surface area contributed by atoms with E-state index >= 15 is 0 Å². The molecule has 2 rings (SSSR count). The molecule has 0 radical (unpaired) electrons. The number of carbonyl (C=O) groups excluding carboxylic acids is 1. The van der Waals surface area contributed by atoms with Gasteiger partial charge in [0.2, 0.25) is 0 Å². The number of hydrogen-bond donors (Lipinski definition) is 2. The van der Waals surface area contributed by atoms with E-state index in [0.29, 0.717) is 19.5 Å². The predicted molar refractivity (Wildman–Crippen MR) is 85.0 cm³/mol. The maximum absolute atomic E-state index is 12.1. The average molecular weight is 325 g/mol. The summed E-state index contributed by atoms with van der Waals surface area (Å²) in [7, 11) is 0. The Labute approximate surface area is 134 Å². The monoisotopic (exact) mass is 325 g/mol. The second kappa shape index (κ2) is 6.64. The van der Waals surface area contributed by atoms with E-state index in [4.69, 9.17) is 5.11 Å². The van der Waals surface area contributed by atoms with Crippen LogP contribution in [0.2, 0.25) is 0 Å². The van der Waals surface area contributed by atoms with Crippen LogP contribution in [0, 0.1) is 5.92 Å². The molecule has 122 valence electrons. The van der Waals surface area contributed by atoms with E-state index in [0.717, 1.165) is 17.1 Å². The average Bonchev–Trinajstić information content (AvgIpc) is 2.94. The van der Waals surface area contributed by atoms with E-state index in [9.17, 15) is 9.59 Å². The zero-order valence-electron chi connectivity index (χ0n) is 13.3. The van der Waals surface area contributed by atoms with Crippen LogP contribution in [-0.2, 0) is 16.8 Å². The number of thiazole rings is 1. The highest BCUT2D eigenvalue weighted by Crippen LogP contribution is 2.24. The van der Waals surface area contributed by atoms with Gasteiger partial charge in [0.1, 0.15) is 5.01 Å². The Morgan fingerprint density at radius 3 is 2.82 bits per heavy atom. The summed E-state index contributed by atoms with van der Waals surface area (Å²) in [4.78, 5) is 29.3. The van der Waals surface area contributed by atoms with Crippen molar-refractivity contribution < 1.29 is 14.7 Å². The summed E-state index contributed by atoms with van der Waals surface area (Å²) < 4.78 is 0. The number of carboxylic acids is 1. The van der Waals surface area contributed by atoms with E-state index in [1.165, 1.54) is 11.3 Å². The summed E-state index contributed by atoms with van der Waals surface area (Å²) in [6.45, 7) is 7.58.